The van der Waals surface area contributed by atoms with Crippen LogP contribution in [0.1, 0.15) is 49.9 Å². The summed E-state index contributed by atoms with van der Waals surface area (Å²) in [5.74, 6) is 0.841. The number of rotatable bonds is 2. The molecule has 30 heavy (non-hydrogen) atoms. The van der Waals surface area contributed by atoms with E-state index in [1.54, 1.807) is 0 Å². The summed E-state index contributed by atoms with van der Waals surface area (Å²) < 4.78 is 6.08. The number of aromatic hydroxyl groups is 1. The number of hydrogen-bond acceptors (Lipinski definition) is 4. The normalized spacial score (nSPS) is 18.2. The summed E-state index contributed by atoms with van der Waals surface area (Å²) in [6, 6.07) is 14.3. The molecule has 1 aromatic heterocycles. The topological polar surface area (TPSA) is 54.7 Å². The Balaban J connectivity index is 1.68. The quantitative estimate of drug-likeness (QED) is 0.634. The first-order chi connectivity index (χ1) is 14.2. The van der Waals surface area contributed by atoms with Crippen LogP contribution in [0, 0.1) is 0 Å². The lowest BCUT2D eigenvalue weighted by Gasteiger charge is -2.31. The summed E-state index contributed by atoms with van der Waals surface area (Å²) in [5, 5.41) is 10.8. The van der Waals surface area contributed by atoms with Crippen LogP contribution in [-0.4, -0.2) is 26.9 Å². The summed E-state index contributed by atoms with van der Waals surface area (Å²) in [6.07, 6.45) is 5.24. The lowest BCUT2D eigenvalue weighted by Crippen LogP contribution is -2.30. The maximum atomic E-state index is 10.8. The molecule has 2 aliphatic rings. The molecule has 0 atom stereocenters. The molecule has 0 amide bonds. The van der Waals surface area contributed by atoms with Crippen LogP contribution in [0.15, 0.2) is 59.9 Å². The van der Waals surface area contributed by atoms with Gasteiger partial charge in [-0.25, -0.2) is 0 Å². The summed E-state index contributed by atoms with van der Waals surface area (Å²) >= 11 is 0. The van der Waals surface area contributed by atoms with E-state index in [0.717, 1.165) is 46.4 Å². The van der Waals surface area contributed by atoms with Gasteiger partial charge < -0.3 is 9.84 Å². The molecule has 4 nitrogen and oxygen atoms in total. The van der Waals surface area contributed by atoms with Gasteiger partial charge in [0.15, 0.2) is 11.5 Å². The van der Waals surface area contributed by atoms with Crippen molar-refractivity contribution in [1.29, 1.82) is 0 Å². The van der Waals surface area contributed by atoms with Crippen LogP contribution in [0.25, 0.3) is 11.1 Å². The van der Waals surface area contributed by atoms with Gasteiger partial charge in [0.2, 0.25) is 0 Å². The van der Waals surface area contributed by atoms with Gasteiger partial charge in [0.1, 0.15) is 5.60 Å². The zero-order valence-corrected chi connectivity index (χ0v) is 17.9. The van der Waals surface area contributed by atoms with E-state index >= 15 is 0 Å². The summed E-state index contributed by atoms with van der Waals surface area (Å²) in [4.78, 5) is 9.24. The Bertz CT molecular complexity index is 1180. The zero-order valence-electron chi connectivity index (χ0n) is 17.9. The second kappa shape index (κ2) is 6.43. The number of phenols is 1. The molecule has 2 aromatic carbocycles. The van der Waals surface area contributed by atoms with Crippen LogP contribution in [0.4, 0.5) is 0 Å². The van der Waals surface area contributed by atoms with E-state index in [1.165, 1.54) is 5.56 Å². The number of aromatic nitrogens is 1. The molecule has 152 valence electrons. The molecule has 3 aromatic rings. The predicted octanol–water partition coefficient (Wildman–Crippen LogP) is 5.34. The van der Waals surface area contributed by atoms with Crippen molar-refractivity contribution in [1.82, 2.24) is 4.98 Å². The number of pyridine rings is 1. The molecule has 0 bridgehead atoms. The molecule has 0 unspecified atom stereocenters. The molecule has 0 fully saturated rings. The average Bonchev–Trinajstić information content (AvgIpc) is 3.05. The third-order valence-electron chi connectivity index (χ3n) is 5.89. The smallest absolute Gasteiger partial charge is 0.165 e. The van der Waals surface area contributed by atoms with Crippen molar-refractivity contribution in [2.24, 2.45) is 4.99 Å². The number of hydrogen-bond donors (Lipinski definition) is 1. The summed E-state index contributed by atoms with van der Waals surface area (Å²) in [7, 11) is 0. The molecule has 0 saturated carbocycles. The first-order valence-corrected chi connectivity index (χ1v) is 10.4. The highest BCUT2D eigenvalue weighted by molar-refractivity contribution is 6.15. The maximum absolute atomic E-state index is 10.8. The van der Waals surface area contributed by atoms with E-state index in [-0.39, 0.29) is 16.9 Å². The molecule has 2 aliphatic heterocycles. The van der Waals surface area contributed by atoms with Crippen LogP contribution in [0.2, 0.25) is 0 Å². The molecule has 1 N–H and O–H groups in total. The standard InChI is InChI=1S/C26H26N2O2/c1-25(2)14-20-19(13-22(29)24-21(20)15-26(3,4)30-24)23(28-25)18-7-5-6-17(12-18)16-8-10-27-11-9-16/h5-13,29H,14-15H2,1-4H3. The fourth-order valence-corrected chi connectivity index (χ4v) is 4.64. The summed E-state index contributed by atoms with van der Waals surface area (Å²) in [6.45, 7) is 8.48. The zero-order chi connectivity index (χ0) is 21.1. The molecule has 5 rings (SSSR count). The Hall–Kier alpha value is -3.14. The van der Waals surface area contributed by atoms with Crippen molar-refractivity contribution in [3.8, 4) is 22.6 Å². The lowest BCUT2D eigenvalue weighted by molar-refractivity contribution is 0.134. The molecule has 0 radical (unpaired) electrons. The number of benzene rings is 2. The van der Waals surface area contributed by atoms with Crippen LogP contribution >= 0.6 is 0 Å². The monoisotopic (exact) mass is 398 g/mol. The molecule has 0 saturated heterocycles. The van der Waals surface area contributed by atoms with Crippen molar-refractivity contribution in [2.75, 3.05) is 0 Å². The molecular formula is C26H26N2O2. The van der Waals surface area contributed by atoms with Crippen molar-refractivity contribution in [3.63, 3.8) is 0 Å². The number of nitrogens with zero attached hydrogens (tertiary/aromatic N) is 2. The Morgan fingerprint density at radius 1 is 0.867 bits per heavy atom. The van der Waals surface area contributed by atoms with Gasteiger partial charge in [0.05, 0.1) is 11.3 Å². The van der Waals surface area contributed by atoms with E-state index < -0.39 is 0 Å². The molecule has 3 heterocycles. The minimum atomic E-state index is -0.310. The number of phenolic OH excluding ortho intramolecular Hbond substituents is 1. The highest BCUT2D eigenvalue weighted by atomic mass is 16.5. The second-order valence-corrected chi connectivity index (χ2v) is 9.53. The molecular weight excluding hydrogens is 372 g/mol. The third-order valence-corrected chi connectivity index (χ3v) is 5.89. The highest BCUT2D eigenvalue weighted by Crippen LogP contribution is 2.47. The minimum absolute atomic E-state index is 0.201. The number of fused-ring (bicyclic) bond motifs is 3. The first-order valence-electron chi connectivity index (χ1n) is 10.4. The third kappa shape index (κ3) is 3.17. The van der Waals surface area contributed by atoms with Crippen molar-refractivity contribution in [2.45, 2.75) is 51.7 Å². The van der Waals surface area contributed by atoms with E-state index in [4.69, 9.17) is 9.73 Å². The van der Waals surface area contributed by atoms with Crippen LogP contribution in [-0.2, 0) is 12.8 Å². The number of aliphatic imine (C=N–C) groups is 1. The van der Waals surface area contributed by atoms with Gasteiger partial charge in [-0.15, -0.1) is 0 Å². The maximum Gasteiger partial charge on any atom is 0.165 e. The summed E-state index contributed by atoms with van der Waals surface area (Å²) in [5.41, 5.74) is 7.07. The van der Waals surface area contributed by atoms with E-state index in [0.29, 0.717) is 5.75 Å². The van der Waals surface area contributed by atoms with E-state index in [2.05, 4.69) is 56.9 Å². The van der Waals surface area contributed by atoms with Crippen LogP contribution in [0.5, 0.6) is 11.5 Å². The van der Waals surface area contributed by atoms with E-state index in [9.17, 15) is 5.11 Å². The van der Waals surface area contributed by atoms with Gasteiger partial charge >= 0.3 is 0 Å². The fraction of sp³-hybridized carbons (Fsp3) is 0.308. The molecule has 4 heteroatoms. The Kier molecular flexibility index (Phi) is 4.04. The van der Waals surface area contributed by atoms with Gasteiger partial charge in [0.25, 0.3) is 0 Å². The average molecular weight is 399 g/mol. The lowest BCUT2D eigenvalue weighted by atomic mass is 9.80. The van der Waals surface area contributed by atoms with Crippen molar-refractivity contribution in [3.05, 3.63) is 77.1 Å². The van der Waals surface area contributed by atoms with Crippen LogP contribution in [0.3, 0.4) is 0 Å². The van der Waals surface area contributed by atoms with Gasteiger partial charge in [0, 0.05) is 35.5 Å². The van der Waals surface area contributed by atoms with Crippen molar-refractivity contribution < 1.29 is 9.84 Å². The number of ether oxygens (including phenoxy) is 1. The Labute approximate surface area is 177 Å². The fourth-order valence-electron chi connectivity index (χ4n) is 4.64. The molecule has 0 spiro atoms. The SMILES string of the molecule is CC1(C)Cc2c(cc(O)c3c2CC(C)(C)O3)C(c2cccc(-c3ccncc3)c2)=N1. The van der Waals surface area contributed by atoms with Gasteiger partial charge in [-0.1, -0.05) is 18.2 Å². The Morgan fingerprint density at radius 3 is 2.37 bits per heavy atom. The minimum Gasteiger partial charge on any atom is -0.504 e. The Morgan fingerprint density at radius 2 is 1.60 bits per heavy atom. The van der Waals surface area contributed by atoms with Gasteiger partial charge in [-0.2, -0.15) is 0 Å². The van der Waals surface area contributed by atoms with Gasteiger partial charge in [-0.05, 0) is 75.1 Å². The van der Waals surface area contributed by atoms with E-state index in [1.807, 2.05) is 30.6 Å². The van der Waals surface area contributed by atoms with Crippen LogP contribution < -0.4 is 4.74 Å². The first kappa shape index (κ1) is 18.9. The van der Waals surface area contributed by atoms with Gasteiger partial charge in [-0.3, -0.25) is 9.98 Å². The molecule has 0 aliphatic carbocycles. The predicted molar refractivity (Wildman–Crippen MR) is 120 cm³/mol. The largest absolute Gasteiger partial charge is 0.504 e. The van der Waals surface area contributed by atoms with Crippen molar-refractivity contribution >= 4 is 5.71 Å². The highest BCUT2D eigenvalue weighted by Gasteiger charge is 2.39. The second-order valence-electron chi connectivity index (χ2n) is 9.53.